The van der Waals surface area contributed by atoms with Gasteiger partial charge in [-0.25, -0.2) is 0 Å². The second kappa shape index (κ2) is 10.6. The van der Waals surface area contributed by atoms with E-state index in [0.717, 1.165) is 25.7 Å². The maximum atomic E-state index is 13.2. The first-order chi connectivity index (χ1) is 16.4. The number of carbonyl (C=O) groups excluding carboxylic acids is 1. The largest absolute Gasteiger partial charge is 0.490 e. The summed E-state index contributed by atoms with van der Waals surface area (Å²) in [6.45, 7) is 7.78. The van der Waals surface area contributed by atoms with E-state index in [9.17, 15) is 10.1 Å². The molecule has 2 saturated heterocycles. The normalized spacial score (nSPS) is 21.9. The molecule has 1 amide bonds. The zero-order chi connectivity index (χ0) is 24.1. The number of nitriles is 1. The van der Waals surface area contributed by atoms with Gasteiger partial charge in [0.05, 0.1) is 29.5 Å². The van der Waals surface area contributed by atoms with Crippen LogP contribution in [0.4, 0.5) is 0 Å². The molecule has 2 aliphatic rings. The van der Waals surface area contributed by atoms with Crippen LogP contribution in [0.5, 0.6) is 5.75 Å². The van der Waals surface area contributed by atoms with Crippen molar-refractivity contribution >= 4 is 5.91 Å². The second-order valence-corrected chi connectivity index (χ2v) is 9.50. The van der Waals surface area contributed by atoms with Crippen molar-refractivity contribution < 1.29 is 19.0 Å². The van der Waals surface area contributed by atoms with Crippen molar-refractivity contribution in [3.63, 3.8) is 0 Å². The van der Waals surface area contributed by atoms with Crippen LogP contribution in [0.15, 0.2) is 48.5 Å². The Morgan fingerprint density at radius 1 is 1.21 bits per heavy atom. The first-order valence-electron chi connectivity index (χ1n) is 12.3. The fourth-order valence-corrected chi connectivity index (χ4v) is 5.10. The topological polar surface area (TPSA) is 71.8 Å². The summed E-state index contributed by atoms with van der Waals surface area (Å²) in [4.78, 5) is 15.1. The molecule has 2 heterocycles. The third kappa shape index (κ3) is 5.43. The summed E-state index contributed by atoms with van der Waals surface area (Å²) >= 11 is 0. The fraction of sp³-hybridized carbons (Fsp3) is 0.500. The highest BCUT2D eigenvalue weighted by molar-refractivity contribution is 5.95. The van der Waals surface area contributed by atoms with E-state index < -0.39 is 0 Å². The van der Waals surface area contributed by atoms with Crippen LogP contribution < -0.4 is 4.74 Å². The minimum absolute atomic E-state index is 0.000407. The SMILES string of the molecule is CCO[C@@H]1C[C@H](c2ccccc2)OC2(CCN(C(=O)c3ccc(OC(C)C)c(C#N)c3)CC2)C1. The Labute approximate surface area is 202 Å². The van der Waals surface area contributed by atoms with Crippen molar-refractivity contribution in [3.8, 4) is 11.8 Å². The van der Waals surface area contributed by atoms with Gasteiger partial charge in [0.25, 0.3) is 5.91 Å². The van der Waals surface area contributed by atoms with E-state index in [-0.39, 0.29) is 29.8 Å². The zero-order valence-electron chi connectivity index (χ0n) is 20.3. The van der Waals surface area contributed by atoms with Crippen LogP contribution >= 0.6 is 0 Å². The van der Waals surface area contributed by atoms with Gasteiger partial charge in [-0.2, -0.15) is 5.26 Å². The molecule has 1 spiro atoms. The van der Waals surface area contributed by atoms with Crippen LogP contribution in [0.3, 0.4) is 0 Å². The number of rotatable bonds is 6. The number of ether oxygens (including phenoxy) is 3. The molecule has 6 heteroatoms. The van der Waals surface area contributed by atoms with Crippen molar-refractivity contribution in [2.75, 3.05) is 19.7 Å². The lowest BCUT2D eigenvalue weighted by Crippen LogP contribution is -2.52. The molecule has 0 unspecified atom stereocenters. The van der Waals surface area contributed by atoms with E-state index in [2.05, 4.69) is 18.2 Å². The summed E-state index contributed by atoms with van der Waals surface area (Å²) in [5, 5.41) is 9.52. The van der Waals surface area contributed by atoms with Crippen molar-refractivity contribution in [1.29, 1.82) is 5.26 Å². The summed E-state index contributed by atoms with van der Waals surface area (Å²) < 4.78 is 18.5. The van der Waals surface area contributed by atoms with Crippen LogP contribution in [0.25, 0.3) is 0 Å². The molecule has 0 radical (unpaired) electrons. The van der Waals surface area contributed by atoms with Gasteiger partial charge in [0.1, 0.15) is 11.8 Å². The van der Waals surface area contributed by atoms with Gasteiger partial charge in [-0.15, -0.1) is 0 Å². The van der Waals surface area contributed by atoms with Crippen molar-refractivity contribution in [2.24, 2.45) is 0 Å². The lowest BCUT2D eigenvalue weighted by atomic mass is 9.80. The number of likely N-dealkylation sites (tertiary alicyclic amines) is 1. The van der Waals surface area contributed by atoms with Crippen molar-refractivity contribution in [1.82, 2.24) is 4.90 Å². The van der Waals surface area contributed by atoms with Gasteiger partial charge in [-0.3, -0.25) is 4.79 Å². The lowest BCUT2D eigenvalue weighted by Gasteiger charge is -2.48. The minimum atomic E-state index is -0.290. The molecule has 0 aromatic heterocycles. The van der Waals surface area contributed by atoms with E-state index >= 15 is 0 Å². The number of carbonyl (C=O) groups is 1. The Kier molecular flexibility index (Phi) is 7.55. The summed E-state index contributed by atoms with van der Waals surface area (Å²) in [6.07, 6.45) is 3.35. The van der Waals surface area contributed by atoms with E-state index in [1.54, 1.807) is 18.2 Å². The van der Waals surface area contributed by atoms with Crippen LogP contribution in [0.2, 0.25) is 0 Å². The predicted molar refractivity (Wildman–Crippen MR) is 130 cm³/mol. The van der Waals surface area contributed by atoms with Crippen LogP contribution in [-0.2, 0) is 9.47 Å². The molecule has 0 bridgehead atoms. The zero-order valence-corrected chi connectivity index (χ0v) is 20.3. The van der Waals surface area contributed by atoms with E-state index in [1.807, 2.05) is 43.9 Å². The van der Waals surface area contributed by atoms with Crippen molar-refractivity contribution in [2.45, 2.75) is 70.4 Å². The Morgan fingerprint density at radius 3 is 2.59 bits per heavy atom. The average Bonchev–Trinajstić information content (AvgIpc) is 2.84. The Bertz CT molecular complexity index is 1020. The number of hydrogen-bond acceptors (Lipinski definition) is 5. The number of piperidine rings is 1. The molecular weight excluding hydrogens is 428 g/mol. The molecule has 2 atom stereocenters. The van der Waals surface area contributed by atoms with Crippen LogP contribution in [0, 0.1) is 11.3 Å². The van der Waals surface area contributed by atoms with Crippen molar-refractivity contribution in [3.05, 3.63) is 65.2 Å². The second-order valence-electron chi connectivity index (χ2n) is 9.50. The molecule has 0 N–H and O–H groups in total. The highest BCUT2D eigenvalue weighted by Crippen LogP contribution is 2.44. The average molecular weight is 463 g/mol. The minimum Gasteiger partial charge on any atom is -0.490 e. The van der Waals surface area contributed by atoms with Crippen LogP contribution in [0.1, 0.15) is 74.0 Å². The quantitative estimate of drug-likeness (QED) is 0.584. The van der Waals surface area contributed by atoms with Gasteiger partial charge in [-0.05, 0) is 57.4 Å². The maximum absolute atomic E-state index is 13.2. The first kappa shape index (κ1) is 24.3. The summed E-state index contributed by atoms with van der Waals surface area (Å²) in [6, 6.07) is 17.6. The molecule has 0 saturated carbocycles. The molecule has 2 aromatic rings. The molecule has 2 aromatic carbocycles. The van der Waals surface area contributed by atoms with Gasteiger partial charge in [0.15, 0.2) is 0 Å². The molecule has 34 heavy (non-hydrogen) atoms. The van der Waals surface area contributed by atoms with E-state index in [0.29, 0.717) is 36.6 Å². The number of amides is 1. The number of hydrogen-bond donors (Lipinski definition) is 0. The first-order valence-corrected chi connectivity index (χ1v) is 12.3. The molecule has 180 valence electrons. The molecule has 2 fully saturated rings. The Balaban J connectivity index is 1.46. The summed E-state index contributed by atoms with van der Waals surface area (Å²) in [7, 11) is 0. The molecule has 0 aliphatic carbocycles. The fourth-order valence-electron chi connectivity index (χ4n) is 5.10. The summed E-state index contributed by atoms with van der Waals surface area (Å²) in [5.74, 6) is 0.454. The van der Waals surface area contributed by atoms with E-state index in [1.165, 1.54) is 5.56 Å². The standard InChI is InChI=1S/C28H34N2O4/c1-4-32-24-17-26(21-8-6-5-7-9-21)34-28(18-24)12-14-30(15-13-28)27(31)22-10-11-25(33-20(2)3)23(16-22)19-29/h5-11,16,20,24,26H,4,12-15,17-18H2,1-3H3/t24-,26-/m1/s1. The third-order valence-corrected chi connectivity index (χ3v) is 6.71. The summed E-state index contributed by atoms with van der Waals surface area (Å²) in [5.41, 5.74) is 1.79. The number of benzene rings is 2. The van der Waals surface area contributed by atoms with Gasteiger partial charge in [0.2, 0.25) is 0 Å². The lowest BCUT2D eigenvalue weighted by molar-refractivity contribution is -0.190. The Morgan fingerprint density at radius 2 is 1.94 bits per heavy atom. The van der Waals surface area contributed by atoms with Gasteiger partial charge < -0.3 is 19.1 Å². The molecule has 2 aliphatic heterocycles. The Hall–Kier alpha value is -2.88. The smallest absolute Gasteiger partial charge is 0.253 e. The van der Waals surface area contributed by atoms with Gasteiger partial charge >= 0.3 is 0 Å². The molecular formula is C28H34N2O4. The predicted octanol–water partition coefficient (Wildman–Crippen LogP) is 5.28. The van der Waals surface area contributed by atoms with Gasteiger partial charge in [0, 0.05) is 38.1 Å². The highest BCUT2D eigenvalue weighted by atomic mass is 16.5. The monoisotopic (exact) mass is 462 g/mol. The van der Waals surface area contributed by atoms with E-state index in [4.69, 9.17) is 14.2 Å². The maximum Gasteiger partial charge on any atom is 0.253 e. The molecule has 6 nitrogen and oxygen atoms in total. The van der Waals surface area contributed by atoms with Crippen LogP contribution in [-0.4, -0.2) is 48.3 Å². The molecule has 4 rings (SSSR count). The number of nitrogens with zero attached hydrogens (tertiary/aromatic N) is 2. The highest BCUT2D eigenvalue weighted by Gasteiger charge is 2.45. The third-order valence-electron chi connectivity index (χ3n) is 6.71. The van der Waals surface area contributed by atoms with Gasteiger partial charge in [-0.1, -0.05) is 30.3 Å².